The van der Waals surface area contributed by atoms with Crippen LogP contribution >= 0.6 is 0 Å². The number of hydrogen-bond donors (Lipinski definition) is 0. The normalized spacial score (nSPS) is 11.9. The van der Waals surface area contributed by atoms with Gasteiger partial charge in [-0.25, -0.2) is 0 Å². The third-order valence-electron chi connectivity index (χ3n) is 4.49. The maximum Gasteiger partial charge on any atom is 0.232 e. The largest absolute Gasteiger partial charge is 0.380 e. The number of benzene rings is 1. The van der Waals surface area contributed by atoms with E-state index in [1.165, 1.54) is 6.42 Å². The molecule has 0 saturated heterocycles. The predicted molar refractivity (Wildman–Crippen MR) is 105 cm³/mol. The maximum atomic E-state index is 13.2. The number of amides is 1. The van der Waals surface area contributed by atoms with E-state index in [0.717, 1.165) is 24.0 Å². The zero-order valence-electron chi connectivity index (χ0n) is 15.9. The van der Waals surface area contributed by atoms with Gasteiger partial charge in [0.05, 0.1) is 12.5 Å². The third-order valence-corrected chi connectivity index (χ3v) is 4.49. The summed E-state index contributed by atoms with van der Waals surface area (Å²) in [4.78, 5) is 19.2. The number of hydrogen-bond acceptors (Lipinski definition) is 3. The van der Waals surface area contributed by atoms with Crippen LogP contribution < -0.4 is 0 Å². The first-order valence-electron chi connectivity index (χ1n) is 9.56. The minimum atomic E-state index is -0.264. The highest BCUT2D eigenvalue weighted by Gasteiger charge is 2.25. The van der Waals surface area contributed by atoms with Crippen LogP contribution in [0.15, 0.2) is 54.9 Å². The Morgan fingerprint density at radius 2 is 1.81 bits per heavy atom. The van der Waals surface area contributed by atoms with Crippen molar-refractivity contribution >= 4 is 5.91 Å². The molecule has 2 rings (SSSR count). The van der Waals surface area contributed by atoms with E-state index >= 15 is 0 Å². The van der Waals surface area contributed by atoms with Gasteiger partial charge in [0.15, 0.2) is 0 Å². The summed E-state index contributed by atoms with van der Waals surface area (Å²) in [6.07, 6.45) is 6.89. The molecule has 2 aromatic rings. The monoisotopic (exact) mass is 354 g/mol. The van der Waals surface area contributed by atoms with Crippen molar-refractivity contribution < 1.29 is 9.53 Å². The van der Waals surface area contributed by atoms with E-state index in [2.05, 4.69) is 11.9 Å². The van der Waals surface area contributed by atoms with Gasteiger partial charge in [-0.2, -0.15) is 0 Å². The maximum absolute atomic E-state index is 13.2. The number of unbranched alkanes of at least 4 members (excludes halogenated alkanes) is 2. The smallest absolute Gasteiger partial charge is 0.232 e. The Balaban J connectivity index is 2.07. The van der Waals surface area contributed by atoms with Gasteiger partial charge in [0.2, 0.25) is 5.91 Å². The lowest BCUT2D eigenvalue weighted by Gasteiger charge is -2.27. The molecule has 4 nitrogen and oxygen atoms in total. The fraction of sp³-hybridized carbons (Fsp3) is 0.455. The third kappa shape index (κ3) is 6.26. The molecule has 4 heteroatoms. The summed E-state index contributed by atoms with van der Waals surface area (Å²) in [6.45, 7) is 6.59. The topological polar surface area (TPSA) is 42.4 Å². The van der Waals surface area contributed by atoms with Crippen molar-refractivity contribution in [1.82, 2.24) is 9.88 Å². The lowest BCUT2D eigenvalue weighted by atomic mass is 9.98. The SMILES string of the molecule is CCCCCOCC(C(=O)N(CC)Cc1ccncc1)c1ccccc1. The number of carbonyl (C=O) groups is 1. The van der Waals surface area contributed by atoms with Gasteiger partial charge < -0.3 is 9.64 Å². The van der Waals surface area contributed by atoms with Crippen LogP contribution in [0.25, 0.3) is 0 Å². The first-order chi connectivity index (χ1) is 12.8. The summed E-state index contributed by atoms with van der Waals surface area (Å²) in [6, 6.07) is 13.9. The van der Waals surface area contributed by atoms with Gasteiger partial charge in [0.25, 0.3) is 0 Å². The average Bonchev–Trinajstić information content (AvgIpc) is 2.70. The highest BCUT2D eigenvalue weighted by atomic mass is 16.5. The minimum absolute atomic E-state index is 0.117. The zero-order chi connectivity index (χ0) is 18.6. The van der Waals surface area contributed by atoms with Gasteiger partial charge in [-0.1, -0.05) is 50.1 Å². The molecule has 26 heavy (non-hydrogen) atoms. The van der Waals surface area contributed by atoms with Crippen LogP contribution in [0.4, 0.5) is 0 Å². The number of likely N-dealkylation sites (N-methyl/N-ethyl adjacent to an activating group) is 1. The number of carbonyl (C=O) groups excluding carboxylic acids is 1. The molecule has 140 valence electrons. The van der Waals surface area contributed by atoms with E-state index in [1.54, 1.807) is 12.4 Å². The van der Waals surface area contributed by atoms with Gasteiger partial charge in [0, 0.05) is 32.1 Å². The van der Waals surface area contributed by atoms with Gasteiger partial charge in [0.1, 0.15) is 0 Å². The zero-order valence-corrected chi connectivity index (χ0v) is 15.9. The van der Waals surface area contributed by atoms with E-state index in [-0.39, 0.29) is 11.8 Å². The summed E-state index contributed by atoms with van der Waals surface area (Å²) >= 11 is 0. The summed E-state index contributed by atoms with van der Waals surface area (Å²) < 4.78 is 5.86. The van der Waals surface area contributed by atoms with Crippen LogP contribution in [0, 0.1) is 0 Å². The van der Waals surface area contributed by atoms with Crippen LogP contribution in [-0.2, 0) is 16.1 Å². The van der Waals surface area contributed by atoms with E-state index in [1.807, 2.05) is 54.3 Å². The second-order valence-corrected chi connectivity index (χ2v) is 6.45. The summed E-state index contributed by atoms with van der Waals surface area (Å²) in [5.74, 6) is -0.148. The lowest BCUT2D eigenvalue weighted by molar-refractivity contribution is -0.134. The minimum Gasteiger partial charge on any atom is -0.380 e. The second-order valence-electron chi connectivity index (χ2n) is 6.45. The standard InChI is InChI=1S/C22H30N2O2/c1-3-5-9-16-26-18-21(20-10-7-6-8-11-20)22(25)24(4-2)17-19-12-14-23-15-13-19/h6-8,10-15,21H,3-5,9,16-18H2,1-2H3. The van der Waals surface area contributed by atoms with E-state index in [4.69, 9.17) is 4.74 Å². The Labute approximate surface area is 157 Å². The second kappa shape index (κ2) is 11.4. The fourth-order valence-electron chi connectivity index (χ4n) is 2.93. The Morgan fingerprint density at radius 3 is 2.46 bits per heavy atom. The Hall–Kier alpha value is -2.20. The Bertz CT molecular complexity index is 631. The van der Waals surface area contributed by atoms with Crippen LogP contribution in [0.5, 0.6) is 0 Å². The predicted octanol–water partition coefficient (Wildman–Crippen LogP) is 4.42. The number of pyridine rings is 1. The molecule has 1 heterocycles. The quantitative estimate of drug-likeness (QED) is 0.561. The molecule has 1 atom stereocenters. The fourth-order valence-corrected chi connectivity index (χ4v) is 2.93. The van der Waals surface area contributed by atoms with E-state index in [0.29, 0.717) is 26.3 Å². The van der Waals surface area contributed by atoms with Gasteiger partial charge in [-0.15, -0.1) is 0 Å². The first-order valence-corrected chi connectivity index (χ1v) is 9.56. The number of ether oxygens (including phenoxy) is 1. The van der Waals surface area contributed by atoms with Crippen molar-refractivity contribution in [3.8, 4) is 0 Å². The molecule has 0 aliphatic heterocycles. The highest BCUT2D eigenvalue weighted by Crippen LogP contribution is 2.20. The summed E-state index contributed by atoms with van der Waals surface area (Å²) in [7, 11) is 0. The number of rotatable bonds is 11. The number of aromatic nitrogens is 1. The van der Waals surface area contributed by atoms with Crippen LogP contribution in [0.3, 0.4) is 0 Å². The van der Waals surface area contributed by atoms with E-state index < -0.39 is 0 Å². The molecular formula is C22H30N2O2. The van der Waals surface area contributed by atoms with Crippen molar-refractivity contribution in [2.45, 2.75) is 45.6 Å². The molecule has 0 radical (unpaired) electrons. The molecule has 0 bridgehead atoms. The summed E-state index contributed by atoms with van der Waals surface area (Å²) in [5.41, 5.74) is 2.10. The number of nitrogens with zero attached hydrogens (tertiary/aromatic N) is 2. The van der Waals surface area contributed by atoms with Crippen molar-refractivity contribution in [2.24, 2.45) is 0 Å². The molecule has 0 spiro atoms. The van der Waals surface area contributed by atoms with Gasteiger partial charge in [-0.3, -0.25) is 9.78 Å². The molecule has 0 aliphatic rings. The molecule has 0 fully saturated rings. The summed E-state index contributed by atoms with van der Waals surface area (Å²) in [5, 5.41) is 0. The van der Waals surface area contributed by atoms with Crippen LogP contribution in [0.2, 0.25) is 0 Å². The van der Waals surface area contributed by atoms with E-state index in [9.17, 15) is 4.79 Å². The Morgan fingerprint density at radius 1 is 1.08 bits per heavy atom. The van der Waals surface area contributed by atoms with Crippen LogP contribution in [0.1, 0.15) is 50.2 Å². The highest BCUT2D eigenvalue weighted by molar-refractivity contribution is 5.84. The average molecular weight is 354 g/mol. The molecule has 0 N–H and O–H groups in total. The lowest BCUT2D eigenvalue weighted by Crippen LogP contribution is -2.36. The van der Waals surface area contributed by atoms with Crippen molar-refractivity contribution in [1.29, 1.82) is 0 Å². The molecular weight excluding hydrogens is 324 g/mol. The Kier molecular flexibility index (Phi) is 8.84. The molecule has 1 unspecified atom stereocenters. The van der Waals surface area contributed by atoms with Crippen molar-refractivity contribution in [3.05, 3.63) is 66.0 Å². The van der Waals surface area contributed by atoms with Crippen LogP contribution in [-0.4, -0.2) is 35.5 Å². The van der Waals surface area contributed by atoms with Gasteiger partial charge in [-0.05, 0) is 36.6 Å². The molecule has 0 saturated carbocycles. The molecule has 1 aromatic carbocycles. The first kappa shape index (κ1) is 20.1. The molecule has 1 amide bonds. The molecule has 0 aliphatic carbocycles. The van der Waals surface area contributed by atoms with Crippen molar-refractivity contribution in [3.63, 3.8) is 0 Å². The van der Waals surface area contributed by atoms with Gasteiger partial charge >= 0.3 is 0 Å². The molecule has 1 aromatic heterocycles. The van der Waals surface area contributed by atoms with Crippen molar-refractivity contribution in [2.75, 3.05) is 19.8 Å².